The van der Waals surface area contributed by atoms with Gasteiger partial charge in [-0.3, -0.25) is 0 Å². The smallest absolute Gasteiger partial charge is 0.329 e. The number of halogens is 1. The Morgan fingerprint density at radius 2 is 2.13 bits per heavy atom. The van der Waals surface area contributed by atoms with Crippen LogP contribution in [0.25, 0.3) is 0 Å². The number of rotatable bonds is 6. The fraction of sp³-hybridized carbons (Fsp3) is 0.778. The molecule has 1 N–H and O–H groups in total. The van der Waals surface area contributed by atoms with E-state index in [2.05, 4.69) is 20.9 Å². The number of hydrogen-bond donors (Lipinski definition) is 1. The van der Waals surface area contributed by atoms with Gasteiger partial charge in [0.05, 0.1) is 12.6 Å². The lowest BCUT2D eigenvalue weighted by Crippen LogP contribution is -2.13. The van der Waals surface area contributed by atoms with Crippen molar-refractivity contribution < 1.29 is 9.90 Å². The predicted molar refractivity (Wildman–Crippen MR) is 62.2 cm³/mol. The first-order chi connectivity index (χ1) is 6.54. The van der Waals surface area contributed by atoms with E-state index in [9.17, 15) is 4.79 Å². The molecule has 5 nitrogen and oxygen atoms in total. The normalized spacial score (nSPS) is 11.2. The van der Waals surface area contributed by atoms with Crippen LogP contribution in [0.15, 0.2) is 9.98 Å². The summed E-state index contributed by atoms with van der Waals surface area (Å²) in [5.41, 5.74) is 0. The Bertz CT molecular complexity index is 238. The van der Waals surface area contributed by atoms with E-state index in [0.717, 1.165) is 13.0 Å². The van der Waals surface area contributed by atoms with Gasteiger partial charge in [0.25, 0.3) is 0 Å². The van der Waals surface area contributed by atoms with E-state index in [1.165, 1.54) is 6.92 Å². The molecule has 0 spiro atoms. The van der Waals surface area contributed by atoms with Gasteiger partial charge in [0.2, 0.25) is 0 Å². The van der Waals surface area contributed by atoms with Crippen molar-refractivity contribution >= 4 is 24.4 Å². The van der Waals surface area contributed by atoms with Crippen LogP contribution in [-0.4, -0.2) is 55.2 Å². The number of aliphatic imine (C=N–C) groups is 2. The molecule has 88 valence electrons. The first-order valence-electron chi connectivity index (χ1n) is 4.53. The molecule has 1 unspecified atom stereocenters. The zero-order chi connectivity index (χ0) is 11.0. The maximum Gasteiger partial charge on any atom is 0.329 e. The van der Waals surface area contributed by atoms with Crippen LogP contribution in [0.2, 0.25) is 0 Å². The second-order valence-corrected chi connectivity index (χ2v) is 3.28. The molecule has 0 aromatic heterocycles. The molecule has 0 aromatic rings. The van der Waals surface area contributed by atoms with E-state index in [0.29, 0.717) is 6.54 Å². The maximum atomic E-state index is 10.3. The third-order valence-corrected chi connectivity index (χ3v) is 1.55. The van der Waals surface area contributed by atoms with Crippen LogP contribution in [0, 0.1) is 0 Å². The highest BCUT2D eigenvalue weighted by molar-refractivity contribution is 5.85. The van der Waals surface area contributed by atoms with Crippen LogP contribution < -0.4 is 0 Å². The highest BCUT2D eigenvalue weighted by atomic mass is 35.5. The molecule has 1 atom stereocenters. The van der Waals surface area contributed by atoms with Crippen molar-refractivity contribution in [2.45, 2.75) is 19.4 Å². The predicted octanol–water partition coefficient (Wildman–Crippen LogP) is 1.01. The monoisotopic (exact) mass is 235 g/mol. The highest BCUT2D eigenvalue weighted by Crippen LogP contribution is 1.86. The van der Waals surface area contributed by atoms with E-state index in [4.69, 9.17) is 5.11 Å². The minimum atomic E-state index is -0.957. The minimum absolute atomic E-state index is 0. The zero-order valence-electron chi connectivity index (χ0n) is 9.30. The first-order valence-corrected chi connectivity index (χ1v) is 4.53. The Morgan fingerprint density at radius 1 is 1.53 bits per heavy atom. The van der Waals surface area contributed by atoms with E-state index < -0.39 is 12.0 Å². The van der Waals surface area contributed by atoms with Crippen molar-refractivity contribution in [1.82, 2.24) is 4.90 Å². The van der Waals surface area contributed by atoms with E-state index >= 15 is 0 Å². The molecular formula is C9H18ClN3O2. The molecule has 0 fully saturated rings. The van der Waals surface area contributed by atoms with Crippen molar-refractivity contribution in [2.24, 2.45) is 9.98 Å². The van der Waals surface area contributed by atoms with Gasteiger partial charge in [-0.15, -0.1) is 12.4 Å². The number of carboxylic acids is 1. The Labute approximate surface area is 96.3 Å². The first kappa shape index (κ1) is 16.5. The molecule has 0 bridgehead atoms. The fourth-order valence-corrected chi connectivity index (χ4v) is 0.699. The summed E-state index contributed by atoms with van der Waals surface area (Å²) in [6, 6.07) is 1.63. The summed E-state index contributed by atoms with van der Waals surface area (Å²) in [6.45, 7) is 3.08. The van der Waals surface area contributed by atoms with Crippen LogP contribution in [0.5, 0.6) is 0 Å². The SMILES string of the molecule is CC(N=C=NCCCN(C)C)C(=O)O.Cl. The standard InChI is InChI=1S/C9H17N3O2.ClH/c1-8(9(13)14)11-7-10-5-4-6-12(2)3;/h8H,4-6H2,1-3H3,(H,13,14);1H. The zero-order valence-corrected chi connectivity index (χ0v) is 10.1. The summed E-state index contributed by atoms with van der Waals surface area (Å²) in [5, 5.41) is 8.48. The summed E-state index contributed by atoms with van der Waals surface area (Å²) in [4.78, 5) is 19.9. The number of carbonyl (C=O) groups is 1. The van der Waals surface area contributed by atoms with Gasteiger partial charge in [-0.05, 0) is 34.0 Å². The Morgan fingerprint density at radius 3 is 2.60 bits per heavy atom. The second kappa shape index (κ2) is 9.65. The molecule has 15 heavy (non-hydrogen) atoms. The molecule has 0 aliphatic heterocycles. The lowest BCUT2D eigenvalue weighted by molar-refractivity contribution is -0.137. The molecule has 0 radical (unpaired) electrons. The molecule has 0 aromatic carbocycles. The molecule has 0 heterocycles. The largest absolute Gasteiger partial charge is 0.480 e. The molecule has 0 rings (SSSR count). The second-order valence-electron chi connectivity index (χ2n) is 3.28. The Hall–Kier alpha value is -0.900. The Balaban J connectivity index is 0. The molecule has 0 amide bonds. The van der Waals surface area contributed by atoms with Gasteiger partial charge in [0, 0.05) is 0 Å². The molecular weight excluding hydrogens is 218 g/mol. The van der Waals surface area contributed by atoms with Crippen molar-refractivity contribution in [3.63, 3.8) is 0 Å². The number of hydrogen-bond acceptors (Lipinski definition) is 4. The lowest BCUT2D eigenvalue weighted by Gasteiger charge is -2.05. The van der Waals surface area contributed by atoms with Crippen molar-refractivity contribution in [2.75, 3.05) is 27.2 Å². The molecule has 0 aliphatic rings. The van der Waals surface area contributed by atoms with Crippen LogP contribution in [0.1, 0.15) is 13.3 Å². The molecule has 6 heteroatoms. The summed E-state index contributed by atoms with van der Waals surface area (Å²) in [7, 11) is 3.98. The van der Waals surface area contributed by atoms with Gasteiger partial charge < -0.3 is 10.0 Å². The van der Waals surface area contributed by atoms with Crippen molar-refractivity contribution in [3.05, 3.63) is 0 Å². The van der Waals surface area contributed by atoms with Crippen LogP contribution >= 0.6 is 12.4 Å². The van der Waals surface area contributed by atoms with Gasteiger partial charge in [-0.2, -0.15) is 0 Å². The molecule has 0 saturated heterocycles. The molecule has 0 saturated carbocycles. The van der Waals surface area contributed by atoms with E-state index in [1.807, 2.05) is 14.1 Å². The van der Waals surface area contributed by atoms with E-state index in [1.54, 1.807) is 0 Å². The average molecular weight is 236 g/mol. The maximum absolute atomic E-state index is 10.3. The van der Waals surface area contributed by atoms with Gasteiger partial charge in [-0.1, -0.05) is 0 Å². The van der Waals surface area contributed by atoms with Crippen LogP contribution in [0.3, 0.4) is 0 Å². The van der Waals surface area contributed by atoms with Gasteiger partial charge in [0.15, 0.2) is 6.04 Å². The summed E-state index contributed by atoms with van der Waals surface area (Å²) >= 11 is 0. The third kappa shape index (κ3) is 11.0. The number of carboxylic acid groups (broad SMARTS) is 1. The third-order valence-electron chi connectivity index (χ3n) is 1.55. The topological polar surface area (TPSA) is 65.3 Å². The van der Waals surface area contributed by atoms with Crippen molar-refractivity contribution in [1.29, 1.82) is 0 Å². The quantitative estimate of drug-likeness (QED) is 0.552. The summed E-state index contributed by atoms with van der Waals surface area (Å²) in [5.74, 6) is -0.957. The van der Waals surface area contributed by atoms with E-state index in [-0.39, 0.29) is 12.4 Å². The number of nitrogens with zero attached hydrogens (tertiary/aromatic N) is 3. The minimum Gasteiger partial charge on any atom is -0.480 e. The van der Waals surface area contributed by atoms with Crippen LogP contribution in [0.4, 0.5) is 0 Å². The van der Waals surface area contributed by atoms with Gasteiger partial charge >= 0.3 is 5.97 Å². The summed E-state index contributed by atoms with van der Waals surface area (Å²) < 4.78 is 0. The van der Waals surface area contributed by atoms with Gasteiger partial charge in [0.1, 0.15) is 0 Å². The molecule has 0 aliphatic carbocycles. The van der Waals surface area contributed by atoms with Crippen molar-refractivity contribution in [3.8, 4) is 0 Å². The highest BCUT2D eigenvalue weighted by Gasteiger charge is 2.05. The number of aliphatic carboxylic acids is 1. The van der Waals surface area contributed by atoms with Gasteiger partial charge in [-0.25, -0.2) is 14.8 Å². The average Bonchev–Trinajstić information content (AvgIpc) is 2.09. The fourth-order valence-electron chi connectivity index (χ4n) is 0.699. The van der Waals surface area contributed by atoms with Crippen LogP contribution in [-0.2, 0) is 4.79 Å². The lowest BCUT2D eigenvalue weighted by atomic mass is 10.4. The summed E-state index contributed by atoms with van der Waals surface area (Å²) in [6.07, 6.45) is 0.928. The Kier molecular flexibility index (Phi) is 10.6.